The van der Waals surface area contributed by atoms with Gasteiger partial charge in [-0.1, -0.05) is 19.3 Å². The van der Waals surface area contributed by atoms with Gasteiger partial charge in [-0.05, 0) is 45.0 Å². The standard InChI is InChI=1S/C13H20N4S/c1-9-8-10(2)15-12(14-9)17-13(18)16-11-6-4-3-5-7-11/h8,11H,3-7H2,1-2H3,(H2,14,15,16,17,18). The minimum absolute atomic E-state index is 0.504. The molecule has 1 aliphatic rings. The number of rotatable bonds is 2. The monoisotopic (exact) mass is 264 g/mol. The summed E-state index contributed by atoms with van der Waals surface area (Å²) >= 11 is 5.30. The topological polar surface area (TPSA) is 49.8 Å². The second kappa shape index (κ2) is 6.09. The van der Waals surface area contributed by atoms with Crippen molar-refractivity contribution in [3.8, 4) is 0 Å². The van der Waals surface area contributed by atoms with E-state index in [-0.39, 0.29) is 0 Å². The minimum Gasteiger partial charge on any atom is -0.360 e. The largest absolute Gasteiger partial charge is 0.360 e. The Morgan fingerprint density at radius 1 is 1.17 bits per heavy atom. The number of hydrogen-bond donors (Lipinski definition) is 2. The van der Waals surface area contributed by atoms with Crippen molar-refractivity contribution >= 4 is 23.3 Å². The molecule has 0 radical (unpaired) electrons. The molecule has 2 rings (SSSR count). The van der Waals surface area contributed by atoms with E-state index in [2.05, 4.69) is 20.6 Å². The quantitative estimate of drug-likeness (QED) is 0.804. The number of nitrogens with zero attached hydrogens (tertiary/aromatic N) is 2. The molecule has 1 aliphatic carbocycles. The zero-order valence-corrected chi connectivity index (χ0v) is 11.8. The van der Waals surface area contributed by atoms with Crippen molar-refractivity contribution < 1.29 is 0 Å². The number of nitrogens with one attached hydrogen (secondary N) is 2. The molecular weight excluding hydrogens is 244 g/mol. The lowest BCUT2D eigenvalue weighted by Gasteiger charge is -2.24. The van der Waals surface area contributed by atoms with Crippen LogP contribution in [-0.2, 0) is 0 Å². The van der Waals surface area contributed by atoms with Gasteiger partial charge in [0.15, 0.2) is 5.11 Å². The first kappa shape index (κ1) is 13.2. The average molecular weight is 264 g/mol. The fourth-order valence-electron chi connectivity index (χ4n) is 2.35. The fraction of sp³-hybridized carbons (Fsp3) is 0.615. The molecule has 1 aromatic rings. The molecule has 0 atom stereocenters. The van der Waals surface area contributed by atoms with Gasteiger partial charge in [-0.15, -0.1) is 0 Å². The highest BCUT2D eigenvalue weighted by Crippen LogP contribution is 2.17. The third-order valence-electron chi connectivity index (χ3n) is 3.15. The van der Waals surface area contributed by atoms with Crippen LogP contribution in [0.5, 0.6) is 0 Å². The minimum atomic E-state index is 0.504. The lowest BCUT2D eigenvalue weighted by Crippen LogP contribution is -2.39. The van der Waals surface area contributed by atoms with Crippen LogP contribution in [0.25, 0.3) is 0 Å². The molecule has 0 aromatic carbocycles. The Morgan fingerprint density at radius 2 is 1.78 bits per heavy atom. The predicted molar refractivity (Wildman–Crippen MR) is 77.7 cm³/mol. The molecule has 1 heterocycles. The van der Waals surface area contributed by atoms with Crippen molar-refractivity contribution in [1.29, 1.82) is 0 Å². The Bertz CT molecular complexity index is 407. The Labute approximate surface area is 114 Å². The lowest BCUT2D eigenvalue weighted by molar-refractivity contribution is 0.414. The lowest BCUT2D eigenvalue weighted by atomic mass is 9.96. The summed E-state index contributed by atoms with van der Waals surface area (Å²) in [5, 5.41) is 7.05. The van der Waals surface area contributed by atoms with Gasteiger partial charge in [0.25, 0.3) is 0 Å². The second-order valence-corrected chi connectivity index (χ2v) is 5.32. The summed E-state index contributed by atoms with van der Waals surface area (Å²) in [6.07, 6.45) is 6.34. The smallest absolute Gasteiger partial charge is 0.229 e. The number of thiocarbonyl (C=S) groups is 1. The van der Waals surface area contributed by atoms with Crippen molar-refractivity contribution in [2.45, 2.75) is 52.0 Å². The zero-order valence-electron chi connectivity index (χ0n) is 11.0. The highest BCUT2D eigenvalue weighted by atomic mass is 32.1. The van der Waals surface area contributed by atoms with E-state index in [0.29, 0.717) is 17.1 Å². The van der Waals surface area contributed by atoms with E-state index < -0.39 is 0 Å². The Morgan fingerprint density at radius 3 is 2.39 bits per heavy atom. The van der Waals surface area contributed by atoms with Crippen LogP contribution in [-0.4, -0.2) is 21.1 Å². The van der Waals surface area contributed by atoms with Crippen LogP contribution in [0.3, 0.4) is 0 Å². The van der Waals surface area contributed by atoms with Crippen molar-refractivity contribution in [1.82, 2.24) is 15.3 Å². The van der Waals surface area contributed by atoms with Crippen LogP contribution in [0.4, 0.5) is 5.95 Å². The van der Waals surface area contributed by atoms with Crippen molar-refractivity contribution in [3.63, 3.8) is 0 Å². The maximum atomic E-state index is 5.30. The molecular formula is C13H20N4S. The number of aryl methyl sites for hydroxylation is 2. The first-order valence-corrected chi connectivity index (χ1v) is 6.94. The van der Waals surface area contributed by atoms with Crippen LogP contribution < -0.4 is 10.6 Å². The summed E-state index contributed by atoms with van der Waals surface area (Å²) in [4.78, 5) is 8.63. The van der Waals surface area contributed by atoms with E-state index >= 15 is 0 Å². The Kier molecular flexibility index (Phi) is 4.47. The van der Waals surface area contributed by atoms with Gasteiger partial charge in [0, 0.05) is 17.4 Å². The molecule has 98 valence electrons. The molecule has 0 aliphatic heterocycles. The summed E-state index contributed by atoms with van der Waals surface area (Å²) in [6, 6.07) is 2.45. The normalized spacial score (nSPS) is 16.3. The predicted octanol–water partition coefficient (Wildman–Crippen LogP) is 2.71. The van der Waals surface area contributed by atoms with Crippen LogP contribution in [0, 0.1) is 13.8 Å². The molecule has 1 fully saturated rings. The van der Waals surface area contributed by atoms with E-state index in [4.69, 9.17) is 12.2 Å². The molecule has 1 aromatic heterocycles. The molecule has 0 saturated heterocycles. The molecule has 4 nitrogen and oxygen atoms in total. The first-order valence-electron chi connectivity index (χ1n) is 6.53. The number of hydrogen-bond acceptors (Lipinski definition) is 3. The SMILES string of the molecule is Cc1cc(C)nc(NC(=S)NC2CCCCC2)n1. The van der Waals surface area contributed by atoms with Crippen molar-refractivity contribution in [2.24, 2.45) is 0 Å². The van der Waals surface area contributed by atoms with E-state index in [1.807, 2.05) is 19.9 Å². The van der Waals surface area contributed by atoms with E-state index in [1.54, 1.807) is 0 Å². The third-order valence-corrected chi connectivity index (χ3v) is 3.37. The average Bonchev–Trinajstić information content (AvgIpc) is 2.28. The van der Waals surface area contributed by atoms with Crippen LogP contribution in [0.2, 0.25) is 0 Å². The Balaban J connectivity index is 1.89. The summed E-state index contributed by atoms with van der Waals surface area (Å²) < 4.78 is 0. The van der Waals surface area contributed by atoms with Gasteiger partial charge in [-0.2, -0.15) is 0 Å². The molecule has 0 bridgehead atoms. The molecule has 5 heteroatoms. The van der Waals surface area contributed by atoms with E-state index in [1.165, 1.54) is 32.1 Å². The summed E-state index contributed by atoms with van der Waals surface area (Å²) in [5.74, 6) is 0.584. The third kappa shape index (κ3) is 3.91. The fourth-order valence-corrected chi connectivity index (χ4v) is 2.61. The maximum absolute atomic E-state index is 5.30. The Hall–Kier alpha value is -1.23. The second-order valence-electron chi connectivity index (χ2n) is 4.91. The number of anilines is 1. The van der Waals surface area contributed by atoms with Gasteiger partial charge in [-0.25, -0.2) is 9.97 Å². The van der Waals surface area contributed by atoms with Gasteiger partial charge in [0.1, 0.15) is 0 Å². The van der Waals surface area contributed by atoms with Gasteiger partial charge in [0.2, 0.25) is 5.95 Å². The summed E-state index contributed by atoms with van der Waals surface area (Å²) in [7, 11) is 0. The molecule has 2 N–H and O–H groups in total. The highest BCUT2D eigenvalue weighted by molar-refractivity contribution is 7.80. The van der Waals surface area contributed by atoms with Crippen molar-refractivity contribution in [2.75, 3.05) is 5.32 Å². The van der Waals surface area contributed by atoms with Gasteiger partial charge in [0.05, 0.1) is 0 Å². The van der Waals surface area contributed by atoms with Gasteiger partial charge >= 0.3 is 0 Å². The molecule has 0 spiro atoms. The van der Waals surface area contributed by atoms with Gasteiger partial charge in [-0.3, -0.25) is 0 Å². The van der Waals surface area contributed by atoms with Crippen LogP contribution in [0.1, 0.15) is 43.5 Å². The molecule has 18 heavy (non-hydrogen) atoms. The van der Waals surface area contributed by atoms with Crippen LogP contribution in [0.15, 0.2) is 6.07 Å². The van der Waals surface area contributed by atoms with Crippen LogP contribution >= 0.6 is 12.2 Å². The summed E-state index contributed by atoms with van der Waals surface area (Å²) in [5.41, 5.74) is 1.90. The summed E-state index contributed by atoms with van der Waals surface area (Å²) in [6.45, 7) is 3.91. The number of aromatic nitrogens is 2. The maximum Gasteiger partial charge on any atom is 0.229 e. The highest BCUT2D eigenvalue weighted by Gasteiger charge is 2.14. The molecule has 1 saturated carbocycles. The zero-order chi connectivity index (χ0) is 13.0. The van der Waals surface area contributed by atoms with Crippen molar-refractivity contribution in [3.05, 3.63) is 17.5 Å². The first-order chi connectivity index (χ1) is 8.63. The molecule has 0 amide bonds. The molecule has 0 unspecified atom stereocenters. The van der Waals surface area contributed by atoms with Gasteiger partial charge < -0.3 is 10.6 Å². The van der Waals surface area contributed by atoms with E-state index in [0.717, 1.165) is 11.4 Å². The van der Waals surface area contributed by atoms with E-state index in [9.17, 15) is 0 Å².